The minimum atomic E-state index is -0.844. The van der Waals surface area contributed by atoms with Crippen LogP contribution in [-0.2, 0) is 35.3 Å². The van der Waals surface area contributed by atoms with Crippen molar-refractivity contribution in [3.05, 3.63) is 40.3 Å². The van der Waals surface area contributed by atoms with Gasteiger partial charge in [0.1, 0.15) is 11.5 Å². The molecule has 2 aliphatic heterocycles. The normalized spacial score (nSPS) is 16.0. The zero-order chi connectivity index (χ0) is 26.4. The summed E-state index contributed by atoms with van der Waals surface area (Å²) in [6, 6.07) is 4.52. The average molecular weight is 515 g/mol. The van der Waals surface area contributed by atoms with Crippen LogP contribution >= 0.6 is 0 Å². The Morgan fingerprint density at radius 2 is 1.86 bits per heavy atom. The van der Waals surface area contributed by atoms with Gasteiger partial charge in [-0.3, -0.25) is 4.79 Å². The monoisotopic (exact) mass is 514 g/mol. The molecule has 1 aromatic carbocycles. The number of hydrogen-bond donors (Lipinski definition) is 1. The molecule has 1 fully saturated rings. The number of anilines is 1. The lowest BCUT2D eigenvalue weighted by atomic mass is 9.92. The van der Waals surface area contributed by atoms with Gasteiger partial charge in [-0.2, -0.15) is 4.98 Å². The number of aromatic nitrogens is 1. The van der Waals surface area contributed by atoms with Crippen molar-refractivity contribution < 1.29 is 28.6 Å². The molecule has 1 amide bonds. The Labute approximate surface area is 218 Å². The number of oxazole rings is 1. The number of likely N-dealkylation sites (N-methyl/N-ethyl adjacent to an activating group) is 1. The third kappa shape index (κ3) is 6.74. The highest BCUT2D eigenvalue weighted by molar-refractivity contribution is 5.69. The predicted molar refractivity (Wildman–Crippen MR) is 138 cm³/mol. The quantitative estimate of drug-likeness (QED) is 0.511. The first-order valence-electron chi connectivity index (χ1n) is 13.2. The maximum absolute atomic E-state index is 12.5. The van der Waals surface area contributed by atoms with Crippen LogP contribution in [0, 0.1) is 6.92 Å². The maximum Gasteiger partial charge on any atom is 0.410 e. The first-order valence-corrected chi connectivity index (χ1v) is 13.2. The number of nitrogens with zero attached hydrogens (tertiary/aromatic N) is 4. The molecule has 0 atom stereocenters. The number of carboxylic acid groups (broad SMARTS) is 1. The van der Waals surface area contributed by atoms with E-state index in [-0.39, 0.29) is 12.5 Å². The van der Waals surface area contributed by atoms with Crippen LogP contribution in [0.15, 0.2) is 16.5 Å². The van der Waals surface area contributed by atoms with Crippen LogP contribution in [0.25, 0.3) is 0 Å². The highest BCUT2D eigenvalue weighted by Gasteiger charge is 2.27. The Morgan fingerprint density at radius 3 is 2.59 bits per heavy atom. The van der Waals surface area contributed by atoms with Crippen LogP contribution < -0.4 is 9.64 Å². The summed E-state index contributed by atoms with van der Waals surface area (Å²) in [5, 5.41) is 9.19. The van der Waals surface area contributed by atoms with Gasteiger partial charge < -0.3 is 33.7 Å². The van der Waals surface area contributed by atoms with Gasteiger partial charge in [-0.1, -0.05) is 13.0 Å². The average Bonchev–Trinajstić information content (AvgIpc) is 3.26. The number of amides is 1. The predicted octanol–water partition coefficient (Wildman–Crippen LogP) is 3.28. The Morgan fingerprint density at radius 1 is 1.08 bits per heavy atom. The van der Waals surface area contributed by atoms with Crippen LogP contribution in [0.5, 0.6) is 5.75 Å². The largest absolute Gasteiger partial charge is 0.493 e. The third-order valence-corrected chi connectivity index (χ3v) is 7.01. The highest BCUT2D eigenvalue weighted by atomic mass is 16.6. The van der Waals surface area contributed by atoms with Crippen LogP contribution in [0.4, 0.5) is 10.8 Å². The number of fused-ring (bicyclic) bond motifs is 1. The van der Waals surface area contributed by atoms with E-state index < -0.39 is 5.97 Å². The van der Waals surface area contributed by atoms with Crippen LogP contribution in [0.2, 0.25) is 0 Å². The second-order valence-corrected chi connectivity index (χ2v) is 9.75. The fourth-order valence-electron chi connectivity index (χ4n) is 4.79. The van der Waals surface area contributed by atoms with Crippen molar-refractivity contribution >= 4 is 18.1 Å². The van der Waals surface area contributed by atoms with E-state index >= 15 is 0 Å². The maximum atomic E-state index is 12.5. The Balaban J connectivity index is 1.43. The molecular formula is C27H38N4O6. The number of ether oxygens (including phenoxy) is 2. The van der Waals surface area contributed by atoms with Crippen molar-refractivity contribution in [2.45, 2.75) is 52.5 Å². The molecule has 3 heterocycles. The molecule has 1 saturated heterocycles. The van der Waals surface area contributed by atoms with Crippen LogP contribution in [0.3, 0.4) is 0 Å². The van der Waals surface area contributed by atoms with Gasteiger partial charge in [-0.05, 0) is 50.4 Å². The second kappa shape index (κ2) is 12.3. The summed E-state index contributed by atoms with van der Waals surface area (Å²) in [6.07, 6.45) is 2.12. The lowest BCUT2D eigenvalue weighted by Crippen LogP contribution is -2.44. The summed E-state index contributed by atoms with van der Waals surface area (Å²) < 4.78 is 17.5. The van der Waals surface area contributed by atoms with E-state index in [0.29, 0.717) is 51.6 Å². The zero-order valence-electron chi connectivity index (χ0n) is 22.1. The molecule has 0 bridgehead atoms. The van der Waals surface area contributed by atoms with Crippen molar-refractivity contribution in [2.75, 3.05) is 57.9 Å². The topological polar surface area (TPSA) is 109 Å². The van der Waals surface area contributed by atoms with Gasteiger partial charge in [0.15, 0.2) is 0 Å². The van der Waals surface area contributed by atoms with E-state index in [4.69, 9.17) is 18.9 Å². The standard InChI is InChI=1S/C27H38N4O6/c1-4-16-36-27(34)31-11-9-21-22(18-31)20(6-8-25(32)33)5-7-24(21)35-17-10-23-19(2)37-26(28-23)30-14-12-29(3)13-15-30/h5,7H,4,6,8-18H2,1-3H3,(H,32,33). The number of aryl methyl sites for hydroxylation is 2. The van der Waals surface area contributed by atoms with Crippen molar-refractivity contribution in [3.8, 4) is 5.75 Å². The van der Waals surface area contributed by atoms with Crippen LogP contribution in [-0.4, -0.2) is 84.9 Å². The Hall–Kier alpha value is -3.27. The van der Waals surface area contributed by atoms with E-state index in [9.17, 15) is 14.7 Å². The lowest BCUT2D eigenvalue weighted by Gasteiger charge is -2.31. The molecule has 0 unspecified atom stereocenters. The lowest BCUT2D eigenvalue weighted by molar-refractivity contribution is -0.136. The Kier molecular flexibility index (Phi) is 8.91. The molecule has 37 heavy (non-hydrogen) atoms. The molecular weight excluding hydrogens is 476 g/mol. The molecule has 2 aromatic rings. The number of benzene rings is 1. The SMILES string of the molecule is CCCOC(=O)N1CCc2c(OCCc3nc(N4CCN(C)CC4)oc3C)ccc(CCC(=O)O)c2C1. The number of rotatable bonds is 10. The smallest absolute Gasteiger partial charge is 0.410 e. The number of hydrogen-bond acceptors (Lipinski definition) is 8. The van der Waals surface area contributed by atoms with Gasteiger partial charge in [0.05, 0.1) is 18.9 Å². The molecule has 202 valence electrons. The summed E-state index contributed by atoms with van der Waals surface area (Å²) in [5.41, 5.74) is 3.83. The van der Waals surface area contributed by atoms with Gasteiger partial charge in [0, 0.05) is 57.7 Å². The number of carbonyl (C=O) groups is 2. The molecule has 2 aliphatic rings. The fraction of sp³-hybridized carbons (Fsp3) is 0.593. The molecule has 4 rings (SSSR count). The zero-order valence-corrected chi connectivity index (χ0v) is 22.1. The molecule has 0 aliphatic carbocycles. The van der Waals surface area contributed by atoms with E-state index in [1.807, 2.05) is 26.0 Å². The number of piperazine rings is 1. The van der Waals surface area contributed by atoms with Crippen molar-refractivity contribution in [3.63, 3.8) is 0 Å². The molecule has 10 nitrogen and oxygen atoms in total. The number of carboxylic acids is 1. The second-order valence-electron chi connectivity index (χ2n) is 9.75. The van der Waals surface area contributed by atoms with Gasteiger partial charge >= 0.3 is 12.1 Å². The van der Waals surface area contributed by atoms with Crippen molar-refractivity contribution in [1.82, 2.24) is 14.8 Å². The summed E-state index contributed by atoms with van der Waals surface area (Å²) >= 11 is 0. The van der Waals surface area contributed by atoms with Crippen molar-refractivity contribution in [2.24, 2.45) is 0 Å². The summed E-state index contributed by atoms with van der Waals surface area (Å²) in [7, 11) is 2.12. The minimum Gasteiger partial charge on any atom is -0.493 e. The molecule has 0 spiro atoms. The molecule has 0 saturated carbocycles. The molecule has 1 aromatic heterocycles. The molecule has 1 N–H and O–H groups in total. The van der Waals surface area contributed by atoms with E-state index in [1.165, 1.54) is 0 Å². The number of aliphatic carboxylic acids is 1. The van der Waals surface area contributed by atoms with Gasteiger partial charge in [-0.15, -0.1) is 0 Å². The third-order valence-electron chi connectivity index (χ3n) is 7.01. The summed E-state index contributed by atoms with van der Waals surface area (Å²) in [4.78, 5) is 34.6. The first kappa shape index (κ1) is 26.8. The number of carbonyl (C=O) groups excluding carboxylic acids is 1. The van der Waals surface area contributed by atoms with Gasteiger partial charge in [-0.25, -0.2) is 4.79 Å². The van der Waals surface area contributed by atoms with E-state index in [1.54, 1.807) is 4.90 Å². The molecule has 10 heteroatoms. The van der Waals surface area contributed by atoms with Crippen molar-refractivity contribution in [1.29, 1.82) is 0 Å². The van der Waals surface area contributed by atoms with Crippen LogP contribution in [0.1, 0.15) is 47.9 Å². The Bertz CT molecular complexity index is 1090. The minimum absolute atomic E-state index is 0.0357. The van der Waals surface area contributed by atoms with Gasteiger partial charge in [0.2, 0.25) is 0 Å². The molecule has 0 radical (unpaired) electrons. The van der Waals surface area contributed by atoms with E-state index in [0.717, 1.165) is 66.5 Å². The summed E-state index contributed by atoms with van der Waals surface area (Å²) in [5.74, 6) is 0.740. The highest BCUT2D eigenvalue weighted by Crippen LogP contribution is 2.32. The van der Waals surface area contributed by atoms with E-state index in [2.05, 4.69) is 16.8 Å². The fourth-order valence-corrected chi connectivity index (χ4v) is 4.79. The summed E-state index contributed by atoms with van der Waals surface area (Å²) in [6.45, 7) is 9.42. The van der Waals surface area contributed by atoms with Gasteiger partial charge in [0.25, 0.3) is 6.01 Å². The first-order chi connectivity index (χ1) is 17.9.